The molecule has 1 atom stereocenters. The average molecular weight is 981 g/mol. The van der Waals surface area contributed by atoms with Crippen LogP contribution in [0, 0.1) is 76.3 Å². The minimum Gasteiger partial charge on any atom is -0.744 e. The molecule has 0 aliphatic rings. The first-order valence-electron chi connectivity index (χ1n) is 17.8. The number of nitrogens with zero attached hydrogens (tertiary/aromatic N) is 2. The Morgan fingerprint density at radius 3 is 1.99 bits per heavy atom. The van der Waals surface area contributed by atoms with Gasteiger partial charge in [0.25, 0.3) is 5.91 Å². The maximum Gasteiger partial charge on any atom is 1.00 e. The number of terminal acetylenes is 1. The molecule has 330 valence electrons. The minimum absolute atomic E-state index is 0. The summed E-state index contributed by atoms with van der Waals surface area (Å²) in [5.74, 6) is 20.0. The standard InChI is InChI=1S/C44H32N4O14S3.2Na/c1-7-8-9-10-11-12-13-14-15-16-23-64(54,55)32-21-22-34(36(27-32)59-6)46-43(52)41(42(51)44(3,4)5)60-31-19-17-30(18-20-31)47-48-39-37(63-62-61-53)25-29-24-33(65(56,57)58)26-35(45-28(2)49)38(29)40(39)50;;/h1,17-22,24-27,41,50,53H,2-6H3,(H,45,49)(H,46,52)(H,56,57,58);;/q;2*+1/p-2. The van der Waals surface area contributed by atoms with E-state index in [9.17, 15) is 46.1 Å². The van der Waals surface area contributed by atoms with Gasteiger partial charge in [0.05, 0.1) is 50.9 Å². The third-order valence-corrected chi connectivity index (χ3v) is 10.6. The van der Waals surface area contributed by atoms with Gasteiger partial charge in [-0.15, -0.1) is 11.5 Å². The molecule has 0 heterocycles. The van der Waals surface area contributed by atoms with Crippen LogP contribution in [-0.2, 0) is 43.7 Å². The van der Waals surface area contributed by atoms with Crippen LogP contribution in [0.4, 0.5) is 22.7 Å². The molecule has 23 heteroatoms. The molecular formula is C44H30N4Na2O14S3. The number of anilines is 2. The van der Waals surface area contributed by atoms with Crippen molar-refractivity contribution in [3.63, 3.8) is 0 Å². The Kier molecular flexibility index (Phi) is 22.2. The van der Waals surface area contributed by atoms with Gasteiger partial charge in [-0.25, -0.2) is 16.8 Å². The Labute approximate surface area is 434 Å². The molecule has 0 fully saturated rings. The molecule has 2 amide bonds. The van der Waals surface area contributed by atoms with E-state index in [2.05, 4.69) is 89.4 Å². The zero-order valence-electron chi connectivity index (χ0n) is 36.3. The van der Waals surface area contributed by atoms with E-state index in [0.717, 1.165) is 31.2 Å². The van der Waals surface area contributed by atoms with Crippen LogP contribution in [-0.4, -0.2) is 57.3 Å². The number of rotatable bonds is 14. The molecule has 0 bridgehead atoms. The van der Waals surface area contributed by atoms with Gasteiger partial charge in [-0.1, -0.05) is 20.8 Å². The van der Waals surface area contributed by atoms with Crippen molar-refractivity contribution in [2.24, 2.45) is 15.6 Å². The van der Waals surface area contributed by atoms with E-state index in [4.69, 9.17) is 15.9 Å². The van der Waals surface area contributed by atoms with Crippen molar-refractivity contribution in [3.05, 3.63) is 60.7 Å². The summed E-state index contributed by atoms with van der Waals surface area (Å²) >= 11 is 0.262. The van der Waals surface area contributed by atoms with Crippen LogP contribution in [0.2, 0.25) is 0 Å². The van der Waals surface area contributed by atoms with E-state index in [1.54, 1.807) is 20.8 Å². The zero-order valence-corrected chi connectivity index (χ0v) is 42.8. The van der Waals surface area contributed by atoms with Gasteiger partial charge in [0.15, 0.2) is 11.5 Å². The predicted octanol–water partition coefficient (Wildman–Crippen LogP) is -1.55. The third-order valence-electron chi connectivity index (χ3n) is 7.94. The second kappa shape index (κ2) is 25.9. The summed E-state index contributed by atoms with van der Waals surface area (Å²) in [6, 6.07) is 11.9. The molecule has 0 spiro atoms. The Morgan fingerprint density at radius 2 is 1.43 bits per heavy atom. The van der Waals surface area contributed by atoms with E-state index >= 15 is 0 Å². The molecule has 0 saturated carbocycles. The van der Waals surface area contributed by atoms with Crippen molar-refractivity contribution in [2.45, 2.75) is 48.5 Å². The van der Waals surface area contributed by atoms with Gasteiger partial charge < -0.3 is 35.0 Å². The number of amides is 2. The molecule has 4 aromatic carbocycles. The first kappa shape index (κ1) is 57.3. The second-order valence-electron chi connectivity index (χ2n) is 13.5. The Bertz CT molecular complexity index is 3220. The number of hydrogen-bond acceptors (Lipinski definition) is 17. The number of benzene rings is 4. The largest absolute Gasteiger partial charge is 1.00 e. The molecule has 0 aromatic heterocycles. The number of hydrogen-bond donors (Lipinski definition) is 3. The third kappa shape index (κ3) is 16.5. The molecule has 4 rings (SSSR count). The summed E-state index contributed by atoms with van der Waals surface area (Å²) in [6.45, 7) is 5.81. The minimum atomic E-state index is -5.04. The van der Waals surface area contributed by atoms with Crippen molar-refractivity contribution in [2.75, 3.05) is 17.7 Å². The summed E-state index contributed by atoms with van der Waals surface area (Å²) in [6.07, 6.45) is 3.22. The molecule has 0 aliphatic heterocycles. The number of nitrogens with one attached hydrogen (secondary N) is 2. The molecule has 18 nitrogen and oxygen atoms in total. The van der Waals surface area contributed by atoms with Crippen LogP contribution in [0.1, 0.15) is 27.7 Å². The zero-order chi connectivity index (χ0) is 48.0. The number of phenolic OH excluding ortho intramolecular Hbond substituents is 1. The monoisotopic (exact) mass is 980 g/mol. The summed E-state index contributed by atoms with van der Waals surface area (Å²) < 4.78 is 76.9. The fourth-order valence-electron chi connectivity index (χ4n) is 5.10. The summed E-state index contributed by atoms with van der Waals surface area (Å²) in [4.78, 5) is 38.1. The van der Waals surface area contributed by atoms with E-state index in [0.29, 0.717) is 0 Å². The average Bonchev–Trinajstić information content (AvgIpc) is 3.24. The SMILES string of the molecule is C#CC#CC#CC#CC#CC#CS(=O)(=O)c1ccc(NC(=O)C(Oc2ccc(N=Nc3c(SOO[O-])cc4cc(S(=O)(=O)[O-])cc(NC(C)=O)c4c3O)cc2)C(=O)C(C)(C)C)c(OC)c1.[Na+].[Na+]. The van der Waals surface area contributed by atoms with Crippen LogP contribution in [0.3, 0.4) is 0 Å². The van der Waals surface area contributed by atoms with E-state index in [-0.39, 0.29) is 126 Å². The number of carbonyl (C=O) groups is 3. The molecule has 4 aromatic rings. The number of azo groups is 1. The van der Waals surface area contributed by atoms with Gasteiger partial charge in [0.2, 0.25) is 21.8 Å². The number of phenols is 1. The molecule has 0 saturated heterocycles. The van der Waals surface area contributed by atoms with Crippen molar-refractivity contribution < 1.29 is 124 Å². The molecule has 0 radical (unpaired) electrons. The number of aromatic hydroxyl groups is 1. The summed E-state index contributed by atoms with van der Waals surface area (Å²) in [5, 5.41) is 40.2. The maximum absolute atomic E-state index is 13.7. The number of fused-ring (bicyclic) bond motifs is 1. The smallest absolute Gasteiger partial charge is 0.744 e. The van der Waals surface area contributed by atoms with Gasteiger partial charge in [-0.3, -0.25) is 19.4 Å². The van der Waals surface area contributed by atoms with E-state index in [1.807, 2.05) is 5.25 Å². The van der Waals surface area contributed by atoms with Gasteiger partial charge in [-0.2, -0.15) is 9.45 Å². The van der Waals surface area contributed by atoms with Crippen LogP contribution in [0.25, 0.3) is 10.8 Å². The van der Waals surface area contributed by atoms with Crippen molar-refractivity contribution in [1.82, 2.24) is 0 Å². The summed E-state index contributed by atoms with van der Waals surface area (Å²) in [5.41, 5.74) is -1.59. The van der Waals surface area contributed by atoms with Crippen LogP contribution in [0.15, 0.2) is 85.6 Å². The molecule has 3 N–H and O–H groups in total. The fraction of sp³-hybridized carbons (Fsp3) is 0.159. The fourth-order valence-corrected chi connectivity index (χ4v) is 6.94. The number of methoxy groups -OCH3 is 1. The predicted molar refractivity (Wildman–Crippen MR) is 232 cm³/mol. The Balaban J connectivity index is 0.00000771. The molecular weight excluding hydrogens is 951 g/mol. The molecule has 1 unspecified atom stereocenters. The van der Waals surface area contributed by atoms with Crippen molar-refractivity contribution in [1.29, 1.82) is 0 Å². The first-order chi connectivity index (χ1) is 30.7. The van der Waals surface area contributed by atoms with Crippen molar-refractivity contribution >= 4 is 83.1 Å². The topological polar surface area (TPSA) is 272 Å². The molecule has 67 heavy (non-hydrogen) atoms. The maximum atomic E-state index is 13.7. The van der Waals surface area contributed by atoms with Gasteiger partial charge in [-0.05, 0) is 107 Å². The normalized spacial score (nSPS) is 10.9. The van der Waals surface area contributed by atoms with Gasteiger partial charge in [0, 0.05) is 40.9 Å². The number of ketones is 1. The molecule has 0 aliphatic carbocycles. The first-order valence-corrected chi connectivity index (χ1v) is 21.5. The van der Waals surface area contributed by atoms with E-state index < -0.39 is 59.7 Å². The van der Waals surface area contributed by atoms with Crippen molar-refractivity contribution in [3.8, 4) is 88.1 Å². The second-order valence-corrected chi connectivity index (χ2v) is 17.3. The van der Waals surface area contributed by atoms with E-state index in [1.165, 1.54) is 43.5 Å². The number of Topliss-reactive ketones (excluding diaryl/α,β-unsaturated/α-hetero) is 1. The Morgan fingerprint density at radius 1 is 0.821 bits per heavy atom. The van der Waals surface area contributed by atoms with Crippen LogP contribution < -0.4 is 84.5 Å². The van der Waals surface area contributed by atoms with Gasteiger partial charge >= 0.3 is 59.1 Å². The van der Waals surface area contributed by atoms with Crippen LogP contribution >= 0.6 is 12.0 Å². The number of sulfone groups is 1. The quantitative estimate of drug-likeness (QED) is 0.0149. The van der Waals surface area contributed by atoms with Crippen LogP contribution in [0.5, 0.6) is 17.2 Å². The Hall–Kier alpha value is -5.80. The number of carbonyl (C=O) groups excluding carboxylic acids is 3. The summed E-state index contributed by atoms with van der Waals surface area (Å²) in [7, 11) is -8.04. The number of ether oxygens (including phenoxy) is 2. The van der Waals surface area contributed by atoms with Gasteiger partial charge in [0.1, 0.15) is 27.3 Å².